The molecule has 2 unspecified atom stereocenters. The van der Waals surface area contributed by atoms with Gasteiger partial charge in [-0.05, 0) is 26.2 Å². The third-order valence-electron chi connectivity index (χ3n) is 4.57. The van der Waals surface area contributed by atoms with Crippen LogP contribution < -0.4 is 5.32 Å². The molecule has 0 aromatic heterocycles. The van der Waals surface area contributed by atoms with Crippen molar-refractivity contribution in [2.75, 3.05) is 19.6 Å². The lowest BCUT2D eigenvalue weighted by Gasteiger charge is -2.27. The van der Waals surface area contributed by atoms with E-state index in [-0.39, 0.29) is 11.9 Å². The number of carboxylic acid groups (broad SMARTS) is 1. The van der Waals surface area contributed by atoms with E-state index in [4.69, 9.17) is 0 Å². The van der Waals surface area contributed by atoms with E-state index in [1.165, 1.54) is 0 Å². The predicted octanol–water partition coefficient (Wildman–Crippen LogP) is 2.26. The topological polar surface area (TPSA) is 69.6 Å². The maximum Gasteiger partial charge on any atom is 0.310 e. The molecule has 2 N–H and O–H groups in total. The first-order valence-electron chi connectivity index (χ1n) is 8.22. The van der Waals surface area contributed by atoms with Crippen LogP contribution in [0.25, 0.3) is 0 Å². The Bertz CT molecular complexity index is 359. The third kappa shape index (κ3) is 4.70. The van der Waals surface area contributed by atoms with Crippen molar-refractivity contribution in [2.45, 2.75) is 65.3 Å². The van der Waals surface area contributed by atoms with E-state index in [2.05, 4.69) is 12.2 Å². The molecule has 1 amide bonds. The summed E-state index contributed by atoms with van der Waals surface area (Å²) < 4.78 is 0. The van der Waals surface area contributed by atoms with Crippen molar-refractivity contribution in [1.82, 2.24) is 10.2 Å². The van der Waals surface area contributed by atoms with Gasteiger partial charge in [-0.25, -0.2) is 0 Å². The molecule has 0 bridgehead atoms. The summed E-state index contributed by atoms with van der Waals surface area (Å²) in [6.45, 7) is 7.91. The predicted molar refractivity (Wildman–Crippen MR) is 83.2 cm³/mol. The number of amides is 1. The maximum absolute atomic E-state index is 12.1. The SMILES string of the molecule is CCCCCNC(=O)C(C)N1CCC(CCC)(C(=O)O)C1. The van der Waals surface area contributed by atoms with Crippen LogP contribution in [0.2, 0.25) is 0 Å². The first kappa shape index (κ1) is 18.0. The lowest BCUT2D eigenvalue weighted by molar-refractivity contribution is -0.149. The molecule has 0 saturated carbocycles. The molecule has 122 valence electrons. The van der Waals surface area contributed by atoms with Gasteiger partial charge in [0.1, 0.15) is 0 Å². The Kier molecular flexibility index (Phi) is 7.15. The number of carbonyl (C=O) groups is 2. The lowest BCUT2D eigenvalue weighted by Crippen LogP contribution is -2.46. The smallest absolute Gasteiger partial charge is 0.310 e. The van der Waals surface area contributed by atoms with Gasteiger partial charge in [0.05, 0.1) is 11.5 Å². The standard InChI is InChI=1S/C16H30N2O3/c1-4-6-7-10-17-14(19)13(3)18-11-9-16(12-18,8-5-2)15(20)21/h13H,4-12H2,1-3H3,(H,17,19)(H,20,21). The zero-order valence-corrected chi connectivity index (χ0v) is 13.7. The minimum absolute atomic E-state index is 0.0174. The molecule has 1 fully saturated rings. The molecule has 0 radical (unpaired) electrons. The number of nitrogens with zero attached hydrogens (tertiary/aromatic N) is 1. The number of hydrogen-bond acceptors (Lipinski definition) is 3. The number of aliphatic carboxylic acids is 1. The summed E-state index contributed by atoms with van der Waals surface area (Å²) >= 11 is 0. The highest BCUT2D eigenvalue weighted by molar-refractivity contribution is 5.82. The van der Waals surface area contributed by atoms with Gasteiger partial charge in [0.25, 0.3) is 0 Å². The minimum atomic E-state index is -0.720. The molecule has 1 rings (SSSR count). The van der Waals surface area contributed by atoms with Gasteiger partial charge >= 0.3 is 5.97 Å². The summed E-state index contributed by atoms with van der Waals surface area (Å²) in [6.07, 6.45) is 5.45. The number of carbonyl (C=O) groups excluding carboxylic acids is 1. The molecular weight excluding hydrogens is 268 g/mol. The quantitative estimate of drug-likeness (QED) is 0.641. The Morgan fingerprint density at radius 2 is 2.00 bits per heavy atom. The molecule has 0 aromatic rings. The Morgan fingerprint density at radius 3 is 2.57 bits per heavy atom. The van der Waals surface area contributed by atoms with Gasteiger partial charge in [-0.2, -0.15) is 0 Å². The van der Waals surface area contributed by atoms with E-state index in [1.807, 2.05) is 18.7 Å². The Morgan fingerprint density at radius 1 is 1.29 bits per heavy atom. The van der Waals surface area contributed by atoms with Crippen LogP contribution in [0.15, 0.2) is 0 Å². The minimum Gasteiger partial charge on any atom is -0.481 e. The second-order valence-electron chi connectivity index (χ2n) is 6.23. The molecular formula is C16H30N2O3. The van der Waals surface area contributed by atoms with Crippen molar-refractivity contribution in [3.8, 4) is 0 Å². The monoisotopic (exact) mass is 298 g/mol. The molecule has 1 heterocycles. The number of carboxylic acids is 1. The average Bonchev–Trinajstić information content (AvgIpc) is 2.88. The average molecular weight is 298 g/mol. The van der Waals surface area contributed by atoms with Crippen molar-refractivity contribution in [2.24, 2.45) is 5.41 Å². The van der Waals surface area contributed by atoms with Gasteiger partial charge in [0.2, 0.25) is 5.91 Å². The fourth-order valence-electron chi connectivity index (χ4n) is 3.10. The van der Waals surface area contributed by atoms with E-state index in [9.17, 15) is 14.7 Å². The fraction of sp³-hybridized carbons (Fsp3) is 0.875. The highest BCUT2D eigenvalue weighted by Gasteiger charge is 2.45. The molecule has 1 aliphatic rings. The Hall–Kier alpha value is -1.10. The first-order valence-corrected chi connectivity index (χ1v) is 8.22. The third-order valence-corrected chi connectivity index (χ3v) is 4.57. The normalized spacial score (nSPS) is 24.0. The van der Waals surface area contributed by atoms with Crippen molar-refractivity contribution >= 4 is 11.9 Å². The summed E-state index contributed by atoms with van der Waals surface area (Å²) in [4.78, 5) is 25.7. The van der Waals surface area contributed by atoms with Crippen molar-refractivity contribution in [1.29, 1.82) is 0 Å². The van der Waals surface area contributed by atoms with E-state index in [0.29, 0.717) is 32.5 Å². The Labute approximate surface area is 128 Å². The van der Waals surface area contributed by atoms with Crippen LogP contribution in [-0.4, -0.2) is 47.6 Å². The highest BCUT2D eigenvalue weighted by atomic mass is 16.4. The van der Waals surface area contributed by atoms with Crippen molar-refractivity contribution in [3.63, 3.8) is 0 Å². The molecule has 1 saturated heterocycles. The first-order chi connectivity index (χ1) is 9.96. The van der Waals surface area contributed by atoms with Gasteiger partial charge in [-0.15, -0.1) is 0 Å². The van der Waals surface area contributed by atoms with Crippen molar-refractivity contribution in [3.05, 3.63) is 0 Å². The van der Waals surface area contributed by atoms with Gasteiger partial charge in [-0.1, -0.05) is 33.1 Å². The number of rotatable bonds is 9. The molecule has 21 heavy (non-hydrogen) atoms. The van der Waals surface area contributed by atoms with Gasteiger partial charge in [0, 0.05) is 19.6 Å². The summed E-state index contributed by atoms with van der Waals surface area (Å²) in [5, 5.41) is 12.5. The largest absolute Gasteiger partial charge is 0.481 e. The molecule has 2 atom stereocenters. The van der Waals surface area contributed by atoms with Crippen LogP contribution in [-0.2, 0) is 9.59 Å². The maximum atomic E-state index is 12.1. The second-order valence-corrected chi connectivity index (χ2v) is 6.23. The van der Waals surface area contributed by atoms with Gasteiger partial charge in [0.15, 0.2) is 0 Å². The van der Waals surface area contributed by atoms with E-state index in [0.717, 1.165) is 25.7 Å². The van der Waals surface area contributed by atoms with Crippen LogP contribution in [0.1, 0.15) is 59.3 Å². The van der Waals surface area contributed by atoms with Crippen LogP contribution in [0, 0.1) is 5.41 Å². The molecule has 0 aromatic carbocycles. The molecule has 5 nitrogen and oxygen atoms in total. The number of nitrogens with one attached hydrogen (secondary N) is 1. The second kappa shape index (κ2) is 8.37. The number of likely N-dealkylation sites (tertiary alicyclic amines) is 1. The van der Waals surface area contributed by atoms with E-state index < -0.39 is 11.4 Å². The van der Waals surface area contributed by atoms with Crippen LogP contribution in [0.5, 0.6) is 0 Å². The zero-order chi connectivity index (χ0) is 15.9. The van der Waals surface area contributed by atoms with Crippen LogP contribution >= 0.6 is 0 Å². The Balaban J connectivity index is 2.50. The summed E-state index contributed by atoms with van der Waals surface area (Å²) in [7, 11) is 0. The zero-order valence-electron chi connectivity index (χ0n) is 13.7. The number of unbranched alkanes of at least 4 members (excludes halogenated alkanes) is 2. The fourth-order valence-corrected chi connectivity index (χ4v) is 3.10. The van der Waals surface area contributed by atoms with E-state index >= 15 is 0 Å². The lowest BCUT2D eigenvalue weighted by atomic mass is 9.83. The summed E-state index contributed by atoms with van der Waals surface area (Å²) in [5.74, 6) is -0.703. The van der Waals surface area contributed by atoms with Crippen LogP contribution in [0.4, 0.5) is 0 Å². The van der Waals surface area contributed by atoms with Crippen LogP contribution in [0.3, 0.4) is 0 Å². The molecule has 5 heteroatoms. The van der Waals surface area contributed by atoms with Gasteiger partial charge < -0.3 is 10.4 Å². The molecule has 0 aliphatic carbocycles. The number of hydrogen-bond donors (Lipinski definition) is 2. The summed E-state index contributed by atoms with van der Waals surface area (Å²) in [6, 6.07) is -0.246. The molecule has 0 spiro atoms. The summed E-state index contributed by atoms with van der Waals surface area (Å²) in [5.41, 5.74) is -0.661. The highest BCUT2D eigenvalue weighted by Crippen LogP contribution is 2.36. The van der Waals surface area contributed by atoms with E-state index in [1.54, 1.807) is 0 Å². The van der Waals surface area contributed by atoms with Gasteiger partial charge in [-0.3, -0.25) is 14.5 Å². The molecule has 1 aliphatic heterocycles. The van der Waals surface area contributed by atoms with Crippen molar-refractivity contribution < 1.29 is 14.7 Å².